The van der Waals surface area contributed by atoms with E-state index in [4.69, 9.17) is 4.74 Å². The maximum atomic E-state index is 13.4. The summed E-state index contributed by atoms with van der Waals surface area (Å²) >= 11 is 0. The number of rotatable bonds is 5. The summed E-state index contributed by atoms with van der Waals surface area (Å²) in [6.45, 7) is 1.25. The molecule has 162 valence electrons. The molecule has 4 rings (SSSR count). The fourth-order valence-corrected chi connectivity index (χ4v) is 5.12. The summed E-state index contributed by atoms with van der Waals surface area (Å²) in [4.78, 5) is 2.07. The summed E-state index contributed by atoms with van der Waals surface area (Å²) in [5.74, 6) is -0.364. The second kappa shape index (κ2) is 7.77. The van der Waals surface area contributed by atoms with E-state index in [0.717, 1.165) is 55.1 Å². The van der Waals surface area contributed by atoms with Gasteiger partial charge in [-0.3, -0.25) is 4.72 Å². The van der Waals surface area contributed by atoms with Gasteiger partial charge in [0, 0.05) is 19.2 Å². The van der Waals surface area contributed by atoms with E-state index < -0.39 is 21.8 Å². The van der Waals surface area contributed by atoms with E-state index in [2.05, 4.69) is 4.72 Å². The van der Waals surface area contributed by atoms with Crippen LogP contribution in [-0.2, 0) is 29.0 Å². The van der Waals surface area contributed by atoms with E-state index in [-0.39, 0.29) is 22.4 Å². The topological polar surface area (TPSA) is 58.6 Å². The number of nitrogens with one attached hydrogen (secondary N) is 1. The fraction of sp³-hybridized carbons (Fsp3) is 0.429. The van der Waals surface area contributed by atoms with Crippen LogP contribution in [0.2, 0.25) is 0 Å². The number of nitrogens with zero attached hydrogens (tertiary/aromatic N) is 1. The van der Waals surface area contributed by atoms with Crippen LogP contribution in [0.3, 0.4) is 0 Å². The Labute approximate surface area is 173 Å². The number of benzene rings is 2. The maximum Gasteiger partial charge on any atom is 0.419 e. The highest BCUT2D eigenvalue weighted by molar-refractivity contribution is 7.92. The molecule has 1 saturated heterocycles. The van der Waals surface area contributed by atoms with Crippen molar-refractivity contribution in [2.75, 3.05) is 24.9 Å². The standard InChI is InChI=1S/C21H23F3N2O3S/c1-26-10-9-17(13-26)29-20-12-16(6-8-19(20)21(22,23)24)25-30(27,28)18-7-5-14-3-2-4-15(14)11-18/h5-8,11-12,17,25H,2-4,9-10,13H2,1H3/t17-/m1/s1. The van der Waals surface area contributed by atoms with Crippen molar-refractivity contribution in [3.05, 3.63) is 53.1 Å². The summed E-state index contributed by atoms with van der Waals surface area (Å²) in [6, 6.07) is 8.06. The number of sulfonamides is 1. The van der Waals surface area contributed by atoms with Crippen LogP contribution in [0.1, 0.15) is 29.5 Å². The molecule has 0 unspecified atom stereocenters. The summed E-state index contributed by atoms with van der Waals surface area (Å²) < 4.78 is 73.9. The van der Waals surface area contributed by atoms with Gasteiger partial charge in [-0.1, -0.05) is 6.07 Å². The van der Waals surface area contributed by atoms with Gasteiger partial charge in [0.25, 0.3) is 10.0 Å². The van der Waals surface area contributed by atoms with Crippen LogP contribution in [-0.4, -0.2) is 39.6 Å². The average Bonchev–Trinajstić information content (AvgIpc) is 3.28. The number of hydrogen-bond donors (Lipinski definition) is 1. The summed E-state index contributed by atoms with van der Waals surface area (Å²) in [5, 5.41) is 0. The van der Waals surface area contributed by atoms with Crippen molar-refractivity contribution in [1.29, 1.82) is 0 Å². The van der Waals surface area contributed by atoms with Crippen LogP contribution >= 0.6 is 0 Å². The Hall–Kier alpha value is -2.26. The minimum atomic E-state index is -4.60. The number of likely N-dealkylation sites (tertiary alicyclic amines) is 1. The van der Waals surface area contributed by atoms with E-state index in [0.29, 0.717) is 13.0 Å². The van der Waals surface area contributed by atoms with Crippen LogP contribution in [0, 0.1) is 0 Å². The first-order valence-corrected chi connectivity index (χ1v) is 11.3. The van der Waals surface area contributed by atoms with Gasteiger partial charge in [0.05, 0.1) is 16.1 Å². The van der Waals surface area contributed by atoms with Gasteiger partial charge in [-0.25, -0.2) is 8.42 Å². The highest BCUT2D eigenvalue weighted by Gasteiger charge is 2.36. The highest BCUT2D eigenvalue weighted by atomic mass is 32.2. The molecule has 1 heterocycles. The molecule has 2 aromatic carbocycles. The molecule has 0 saturated carbocycles. The normalized spacial score (nSPS) is 19.7. The Morgan fingerprint density at radius 2 is 1.87 bits per heavy atom. The van der Waals surface area contributed by atoms with Crippen LogP contribution in [0.4, 0.5) is 18.9 Å². The Balaban J connectivity index is 1.61. The van der Waals surface area contributed by atoms with Gasteiger partial charge >= 0.3 is 6.18 Å². The van der Waals surface area contributed by atoms with Gasteiger partial charge in [0.15, 0.2) is 0 Å². The fourth-order valence-electron chi connectivity index (χ4n) is 4.02. The van der Waals surface area contributed by atoms with Crippen molar-refractivity contribution in [3.63, 3.8) is 0 Å². The van der Waals surface area contributed by atoms with E-state index in [1.165, 1.54) is 6.07 Å². The van der Waals surface area contributed by atoms with E-state index in [1.54, 1.807) is 12.1 Å². The quantitative estimate of drug-likeness (QED) is 0.761. The molecule has 0 aromatic heterocycles. The molecule has 1 aliphatic heterocycles. The molecule has 2 aromatic rings. The molecular weight excluding hydrogens is 417 g/mol. The predicted octanol–water partition coefficient (Wildman–Crippen LogP) is 4.08. The first-order chi connectivity index (χ1) is 14.1. The van der Waals surface area contributed by atoms with Gasteiger partial charge < -0.3 is 9.64 Å². The zero-order valence-electron chi connectivity index (χ0n) is 16.5. The predicted molar refractivity (Wildman–Crippen MR) is 107 cm³/mol. The van der Waals surface area contributed by atoms with E-state index in [9.17, 15) is 21.6 Å². The molecule has 0 spiro atoms. The van der Waals surface area contributed by atoms with Gasteiger partial charge in [0.1, 0.15) is 11.9 Å². The van der Waals surface area contributed by atoms with Crippen LogP contribution in [0.15, 0.2) is 41.3 Å². The number of alkyl halides is 3. The van der Waals surface area contributed by atoms with Gasteiger partial charge in [0.2, 0.25) is 0 Å². The number of halogens is 3. The highest BCUT2D eigenvalue weighted by Crippen LogP contribution is 2.39. The Bertz CT molecular complexity index is 1050. The molecule has 9 heteroatoms. The number of aryl methyl sites for hydroxylation is 2. The maximum absolute atomic E-state index is 13.4. The molecule has 1 aliphatic carbocycles. The molecule has 1 atom stereocenters. The average molecular weight is 440 g/mol. The van der Waals surface area contributed by atoms with E-state index in [1.807, 2.05) is 11.9 Å². The third-order valence-electron chi connectivity index (χ3n) is 5.56. The van der Waals surface area contributed by atoms with Crippen molar-refractivity contribution < 1.29 is 26.3 Å². The Kier molecular flexibility index (Phi) is 5.44. The largest absolute Gasteiger partial charge is 0.488 e. The van der Waals surface area contributed by atoms with Crippen LogP contribution in [0.25, 0.3) is 0 Å². The second-order valence-electron chi connectivity index (χ2n) is 7.89. The van der Waals surface area contributed by atoms with Crippen molar-refractivity contribution in [3.8, 4) is 5.75 Å². The first-order valence-electron chi connectivity index (χ1n) is 9.83. The SMILES string of the molecule is CN1CC[C@@H](Oc2cc(NS(=O)(=O)c3ccc4c(c3)CCC4)ccc2C(F)(F)F)C1. The third-order valence-corrected chi connectivity index (χ3v) is 6.94. The molecule has 0 amide bonds. The van der Waals surface area contributed by atoms with E-state index >= 15 is 0 Å². The number of anilines is 1. The monoisotopic (exact) mass is 440 g/mol. The summed E-state index contributed by atoms with van der Waals surface area (Å²) in [5.41, 5.74) is 1.25. The van der Waals surface area contributed by atoms with Crippen molar-refractivity contribution in [1.82, 2.24) is 4.90 Å². The van der Waals surface area contributed by atoms with Gasteiger partial charge in [-0.05, 0) is 68.1 Å². The molecule has 2 aliphatic rings. The molecule has 0 bridgehead atoms. The minimum Gasteiger partial charge on any atom is -0.488 e. The second-order valence-corrected chi connectivity index (χ2v) is 9.57. The number of ether oxygens (including phenoxy) is 1. The molecule has 30 heavy (non-hydrogen) atoms. The van der Waals surface area contributed by atoms with Crippen LogP contribution in [0.5, 0.6) is 5.75 Å². The molecule has 5 nitrogen and oxygen atoms in total. The van der Waals surface area contributed by atoms with Gasteiger partial charge in [-0.2, -0.15) is 13.2 Å². The van der Waals surface area contributed by atoms with Crippen molar-refractivity contribution >= 4 is 15.7 Å². The number of fused-ring (bicyclic) bond motifs is 1. The minimum absolute atomic E-state index is 0.0323. The summed E-state index contributed by atoms with van der Waals surface area (Å²) in [6.07, 6.45) is -1.62. The zero-order valence-corrected chi connectivity index (χ0v) is 17.3. The Morgan fingerprint density at radius 1 is 1.10 bits per heavy atom. The lowest BCUT2D eigenvalue weighted by Gasteiger charge is -2.19. The Morgan fingerprint density at radius 3 is 2.57 bits per heavy atom. The van der Waals surface area contributed by atoms with Crippen molar-refractivity contribution in [2.24, 2.45) is 0 Å². The van der Waals surface area contributed by atoms with Crippen LogP contribution < -0.4 is 9.46 Å². The lowest BCUT2D eigenvalue weighted by molar-refractivity contribution is -0.139. The summed E-state index contributed by atoms with van der Waals surface area (Å²) in [7, 11) is -2.06. The third kappa shape index (κ3) is 4.41. The van der Waals surface area contributed by atoms with Gasteiger partial charge in [-0.15, -0.1) is 0 Å². The number of hydrogen-bond acceptors (Lipinski definition) is 4. The smallest absolute Gasteiger partial charge is 0.419 e. The first kappa shape index (κ1) is 21.0. The number of likely N-dealkylation sites (N-methyl/N-ethyl adjacent to an activating group) is 1. The van der Waals surface area contributed by atoms with Crippen molar-refractivity contribution in [2.45, 2.75) is 42.9 Å². The molecule has 1 N–H and O–H groups in total. The molecular formula is C21H23F3N2O3S. The zero-order chi connectivity index (χ0) is 21.5. The lowest BCUT2D eigenvalue weighted by Crippen LogP contribution is -2.23. The lowest BCUT2D eigenvalue weighted by atomic mass is 10.1. The molecule has 0 radical (unpaired) electrons. The molecule has 1 fully saturated rings.